The number of nitrogens with zero attached hydrogens (tertiary/aromatic N) is 1. The maximum atomic E-state index is 4.50. The van der Waals surface area contributed by atoms with Crippen molar-refractivity contribution in [3.63, 3.8) is 0 Å². The smallest absolute Gasteiger partial charge is 0.0435 e. The van der Waals surface area contributed by atoms with Crippen molar-refractivity contribution >= 4 is 10.8 Å². The van der Waals surface area contributed by atoms with E-state index in [-0.39, 0.29) is 5.41 Å². The Hall–Kier alpha value is -1.37. The van der Waals surface area contributed by atoms with Crippen molar-refractivity contribution in [2.75, 3.05) is 0 Å². The lowest BCUT2D eigenvalue weighted by Gasteiger charge is -2.19. The second-order valence-electron chi connectivity index (χ2n) is 6.08. The first-order valence-corrected chi connectivity index (χ1v) is 6.28. The molecular formula is C16H21N. The van der Waals surface area contributed by atoms with Crippen LogP contribution in [0.5, 0.6) is 0 Å². The molecule has 1 aromatic carbocycles. The van der Waals surface area contributed by atoms with Gasteiger partial charge in [-0.2, -0.15) is 0 Å². The van der Waals surface area contributed by atoms with Crippen molar-refractivity contribution in [2.45, 2.75) is 46.0 Å². The minimum Gasteiger partial charge on any atom is -0.260 e. The fourth-order valence-corrected chi connectivity index (χ4v) is 1.94. The van der Waals surface area contributed by atoms with Crippen molar-refractivity contribution in [2.24, 2.45) is 0 Å². The molecule has 0 saturated heterocycles. The molecule has 0 radical (unpaired) electrons. The van der Waals surface area contributed by atoms with Gasteiger partial charge in [-0.3, -0.25) is 4.98 Å². The van der Waals surface area contributed by atoms with E-state index in [0.717, 1.165) is 0 Å². The molecule has 1 heterocycles. The summed E-state index contributed by atoms with van der Waals surface area (Å²) in [6, 6.07) is 8.89. The Balaban J connectivity index is 2.59. The van der Waals surface area contributed by atoms with E-state index < -0.39 is 0 Å². The number of hydrogen-bond donors (Lipinski definition) is 0. The maximum Gasteiger partial charge on any atom is 0.0435 e. The molecule has 0 spiro atoms. The van der Waals surface area contributed by atoms with Crippen LogP contribution < -0.4 is 0 Å². The van der Waals surface area contributed by atoms with Crippen LogP contribution in [0.1, 0.15) is 51.8 Å². The highest BCUT2D eigenvalue weighted by molar-refractivity contribution is 5.83. The molecule has 1 heteroatoms. The van der Waals surface area contributed by atoms with Gasteiger partial charge in [-0.25, -0.2) is 0 Å². The minimum atomic E-state index is 0.204. The Morgan fingerprint density at radius 2 is 1.71 bits per heavy atom. The summed E-state index contributed by atoms with van der Waals surface area (Å²) in [6.45, 7) is 11.1. The monoisotopic (exact) mass is 227 g/mol. The average Bonchev–Trinajstić information content (AvgIpc) is 2.26. The molecule has 1 nitrogen and oxygen atoms in total. The van der Waals surface area contributed by atoms with E-state index >= 15 is 0 Å². The van der Waals surface area contributed by atoms with Gasteiger partial charge in [0.25, 0.3) is 0 Å². The van der Waals surface area contributed by atoms with Crippen LogP contribution in [-0.2, 0) is 5.41 Å². The lowest BCUT2D eigenvalue weighted by molar-refractivity contribution is 0.591. The molecule has 0 N–H and O–H groups in total. The molecule has 2 aromatic rings. The number of rotatable bonds is 1. The second kappa shape index (κ2) is 4.14. The Labute approximate surface area is 104 Å². The fraction of sp³-hybridized carbons (Fsp3) is 0.438. The summed E-state index contributed by atoms with van der Waals surface area (Å²) in [4.78, 5) is 4.50. The molecule has 0 aliphatic heterocycles. The second-order valence-corrected chi connectivity index (χ2v) is 6.08. The number of benzene rings is 1. The van der Waals surface area contributed by atoms with Gasteiger partial charge in [0, 0.05) is 17.3 Å². The van der Waals surface area contributed by atoms with Gasteiger partial charge in [-0.1, -0.05) is 52.8 Å². The zero-order valence-electron chi connectivity index (χ0n) is 11.4. The third-order valence-electron chi connectivity index (χ3n) is 3.20. The highest BCUT2D eigenvalue weighted by Gasteiger charge is 2.14. The molecule has 0 unspecified atom stereocenters. The molecule has 17 heavy (non-hydrogen) atoms. The van der Waals surface area contributed by atoms with Gasteiger partial charge in [0.1, 0.15) is 0 Å². The van der Waals surface area contributed by atoms with Crippen molar-refractivity contribution in [1.82, 2.24) is 4.98 Å². The largest absolute Gasteiger partial charge is 0.260 e. The first kappa shape index (κ1) is 12.1. The van der Waals surface area contributed by atoms with E-state index in [1.807, 2.05) is 6.20 Å². The lowest BCUT2D eigenvalue weighted by atomic mass is 9.86. The summed E-state index contributed by atoms with van der Waals surface area (Å²) in [7, 11) is 0. The van der Waals surface area contributed by atoms with Crippen LogP contribution in [0.3, 0.4) is 0 Å². The maximum absolute atomic E-state index is 4.50. The van der Waals surface area contributed by atoms with E-state index in [2.05, 4.69) is 63.9 Å². The summed E-state index contributed by atoms with van der Waals surface area (Å²) in [5.41, 5.74) is 2.75. The van der Waals surface area contributed by atoms with Gasteiger partial charge in [0.2, 0.25) is 0 Å². The summed E-state index contributed by atoms with van der Waals surface area (Å²) >= 11 is 0. The van der Waals surface area contributed by atoms with Crippen LogP contribution in [-0.4, -0.2) is 4.98 Å². The third kappa shape index (κ3) is 2.49. The summed E-state index contributed by atoms with van der Waals surface area (Å²) in [5.74, 6) is 0.484. The topological polar surface area (TPSA) is 12.9 Å². The molecular weight excluding hydrogens is 206 g/mol. The van der Waals surface area contributed by atoms with Crippen LogP contribution >= 0.6 is 0 Å². The predicted octanol–water partition coefficient (Wildman–Crippen LogP) is 4.66. The van der Waals surface area contributed by atoms with Crippen LogP contribution in [0.2, 0.25) is 0 Å². The van der Waals surface area contributed by atoms with Crippen molar-refractivity contribution in [3.8, 4) is 0 Å². The quantitative estimate of drug-likeness (QED) is 0.690. The van der Waals surface area contributed by atoms with E-state index in [4.69, 9.17) is 0 Å². The van der Waals surface area contributed by atoms with E-state index in [1.54, 1.807) is 0 Å². The normalized spacial score (nSPS) is 12.4. The van der Waals surface area contributed by atoms with Gasteiger partial charge in [0.05, 0.1) is 0 Å². The van der Waals surface area contributed by atoms with E-state index in [9.17, 15) is 0 Å². The van der Waals surface area contributed by atoms with Gasteiger partial charge >= 0.3 is 0 Å². The Kier molecular flexibility index (Phi) is 2.94. The number of fused-ring (bicyclic) bond motifs is 1. The molecule has 2 rings (SSSR count). The van der Waals surface area contributed by atoms with Gasteiger partial charge < -0.3 is 0 Å². The SMILES string of the molecule is CC(C)c1cc2cc(C(C)(C)C)ccc2cn1. The molecule has 0 saturated carbocycles. The highest BCUT2D eigenvalue weighted by Crippen LogP contribution is 2.27. The highest BCUT2D eigenvalue weighted by atomic mass is 14.7. The fourth-order valence-electron chi connectivity index (χ4n) is 1.94. The third-order valence-corrected chi connectivity index (χ3v) is 3.20. The number of aromatic nitrogens is 1. The lowest BCUT2D eigenvalue weighted by Crippen LogP contribution is -2.10. The predicted molar refractivity (Wildman–Crippen MR) is 74.5 cm³/mol. The van der Waals surface area contributed by atoms with Crippen LogP contribution in [0.4, 0.5) is 0 Å². The van der Waals surface area contributed by atoms with E-state index in [1.165, 1.54) is 22.0 Å². The molecule has 90 valence electrons. The first-order valence-electron chi connectivity index (χ1n) is 6.28. The molecule has 0 bridgehead atoms. The minimum absolute atomic E-state index is 0.204. The standard InChI is InChI=1S/C16H21N/c1-11(2)15-9-13-8-14(16(3,4)5)7-6-12(13)10-17-15/h6-11H,1-5H3. The van der Waals surface area contributed by atoms with Crippen molar-refractivity contribution in [3.05, 3.63) is 41.7 Å². The van der Waals surface area contributed by atoms with Crippen molar-refractivity contribution in [1.29, 1.82) is 0 Å². The van der Waals surface area contributed by atoms with Gasteiger partial charge in [-0.05, 0) is 28.3 Å². The van der Waals surface area contributed by atoms with E-state index in [0.29, 0.717) is 5.92 Å². The molecule has 0 amide bonds. The Morgan fingerprint density at radius 3 is 2.29 bits per heavy atom. The van der Waals surface area contributed by atoms with Crippen LogP contribution in [0.15, 0.2) is 30.5 Å². The van der Waals surface area contributed by atoms with Gasteiger partial charge in [-0.15, -0.1) is 0 Å². The summed E-state index contributed by atoms with van der Waals surface area (Å²) in [6.07, 6.45) is 1.98. The Morgan fingerprint density at radius 1 is 1.00 bits per heavy atom. The number of hydrogen-bond acceptors (Lipinski definition) is 1. The molecule has 0 aliphatic carbocycles. The molecule has 1 aromatic heterocycles. The first-order chi connectivity index (χ1) is 7.88. The van der Waals surface area contributed by atoms with Gasteiger partial charge in [0.15, 0.2) is 0 Å². The zero-order chi connectivity index (χ0) is 12.6. The Bertz CT molecular complexity index is 533. The summed E-state index contributed by atoms with van der Waals surface area (Å²) < 4.78 is 0. The van der Waals surface area contributed by atoms with Crippen LogP contribution in [0, 0.1) is 0 Å². The zero-order valence-corrected chi connectivity index (χ0v) is 11.4. The summed E-state index contributed by atoms with van der Waals surface area (Å²) in [5, 5.41) is 2.53. The molecule has 0 atom stereocenters. The van der Waals surface area contributed by atoms with Crippen molar-refractivity contribution < 1.29 is 0 Å². The molecule has 0 aliphatic rings. The number of pyridine rings is 1. The molecule has 0 fully saturated rings. The van der Waals surface area contributed by atoms with Crippen LogP contribution in [0.25, 0.3) is 10.8 Å². The average molecular weight is 227 g/mol.